The number of unbranched alkanes of at least 4 members (excludes halogenated alkanes) is 2. The molecule has 2 atom stereocenters. The van der Waals surface area contributed by atoms with E-state index in [1.807, 2.05) is 6.07 Å². The third kappa shape index (κ3) is 4.02. The first-order valence-corrected chi connectivity index (χ1v) is 7.84. The van der Waals surface area contributed by atoms with Crippen LogP contribution in [-0.2, 0) is 6.42 Å². The van der Waals surface area contributed by atoms with Gasteiger partial charge in [-0.2, -0.15) is 0 Å². The molecule has 1 aliphatic carbocycles. The lowest BCUT2D eigenvalue weighted by Gasteiger charge is -2.24. The molecule has 1 aromatic heterocycles. The van der Waals surface area contributed by atoms with E-state index in [2.05, 4.69) is 24.5 Å². The molecule has 112 valence electrons. The fourth-order valence-corrected chi connectivity index (χ4v) is 2.83. The van der Waals surface area contributed by atoms with Crippen LogP contribution < -0.4 is 10.6 Å². The van der Waals surface area contributed by atoms with Crippen LogP contribution in [0, 0.1) is 0 Å². The minimum Gasteiger partial charge on any atom is -0.469 e. The number of carbonyl (C=O) groups is 1. The van der Waals surface area contributed by atoms with Gasteiger partial charge in [0.2, 0.25) is 0 Å². The quantitative estimate of drug-likeness (QED) is 0.775. The summed E-state index contributed by atoms with van der Waals surface area (Å²) in [5.41, 5.74) is 1.14. The van der Waals surface area contributed by atoms with E-state index >= 15 is 0 Å². The van der Waals surface area contributed by atoms with Crippen LogP contribution in [0.3, 0.4) is 0 Å². The average molecular weight is 278 g/mol. The largest absolute Gasteiger partial charge is 0.469 e. The van der Waals surface area contributed by atoms with Crippen molar-refractivity contribution < 1.29 is 9.21 Å². The molecule has 0 aliphatic heterocycles. The summed E-state index contributed by atoms with van der Waals surface area (Å²) in [7, 11) is 0. The van der Waals surface area contributed by atoms with Gasteiger partial charge in [-0.25, -0.2) is 4.79 Å². The highest BCUT2D eigenvalue weighted by Crippen LogP contribution is 2.30. The number of fused-ring (bicyclic) bond motifs is 1. The summed E-state index contributed by atoms with van der Waals surface area (Å²) in [4.78, 5) is 12.0. The molecule has 2 rings (SSSR count). The van der Waals surface area contributed by atoms with Crippen molar-refractivity contribution in [2.75, 3.05) is 0 Å². The third-order valence-electron chi connectivity index (χ3n) is 3.98. The van der Waals surface area contributed by atoms with E-state index in [0.717, 1.165) is 37.0 Å². The van der Waals surface area contributed by atoms with Crippen LogP contribution in [-0.4, -0.2) is 12.1 Å². The SMILES string of the molecule is CCCCCC(C)NC(=O)NC1CCCc2occc21. The molecule has 4 nitrogen and oxygen atoms in total. The second-order valence-electron chi connectivity index (χ2n) is 5.76. The fourth-order valence-electron chi connectivity index (χ4n) is 2.83. The Morgan fingerprint density at radius 3 is 3.15 bits per heavy atom. The summed E-state index contributed by atoms with van der Waals surface area (Å²) in [6.07, 6.45) is 9.42. The molecule has 0 fully saturated rings. The molecular formula is C16H26N2O2. The number of rotatable bonds is 6. The lowest BCUT2D eigenvalue weighted by Crippen LogP contribution is -2.42. The highest BCUT2D eigenvalue weighted by atomic mass is 16.3. The van der Waals surface area contributed by atoms with Gasteiger partial charge in [0.25, 0.3) is 0 Å². The molecule has 2 amide bonds. The molecule has 0 spiro atoms. The van der Waals surface area contributed by atoms with Gasteiger partial charge in [0.05, 0.1) is 12.3 Å². The van der Waals surface area contributed by atoms with Crippen molar-refractivity contribution in [3.05, 3.63) is 23.7 Å². The van der Waals surface area contributed by atoms with Gasteiger partial charge in [-0.3, -0.25) is 0 Å². The maximum atomic E-state index is 12.0. The summed E-state index contributed by atoms with van der Waals surface area (Å²) in [6.45, 7) is 4.26. The standard InChI is InChI=1S/C16H26N2O2/c1-3-4-5-7-12(2)17-16(19)18-14-8-6-9-15-13(14)10-11-20-15/h10-12,14H,3-9H2,1-2H3,(H2,17,18,19). The zero-order valence-corrected chi connectivity index (χ0v) is 12.6. The van der Waals surface area contributed by atoms with Crippen LogP contribution in [0.15, 0.2) is 16.7 Å². The lowest BCUT2D eigenvalue weighted by atomic mass is 9.93. The topological polar surface area (TPSA) is 54.3 Å². The van der Waals surface area contributed by atoms with Gasteiger partial charge in [0.15, 0.2) is 0 Å². The Balaban J connectivity index is 1.78. The van der Waals surface area contributed by atoms with E-state index in [-0.39, 0.29) is 18.1 Å². The number of hydrogen-bond donors (Lipinski definition) is 2. The van der Waals surface area contributed by atoms with Gasteiger partial charge in [-0.1, -0.05) is 26.2 Å². The normalized spacial score (nSPS) is 19.2. The van der Waals surface area contributed by atoms with Crippen LogP contribution in [0.25, 0.3) is 0 Å². The minimum absolute atomic E-state index is 0.0620. The number of nitrogens with one attached hydrogen (secondary N) is 2. The first-order chi connectivity index (χ1) is 9.70. The minimum atomic E-state index is -0.0620. The summed E-state index contributed by atoms with van der Waals surface area (Å²) < 4.78 is 5.44. The Labute approximate surface area is 121 Å². The molecular weight excluding hydrogens is 252 g/mol. The van der Waals surface area contributed by atoms with E-state index in [0.29, 0.717) is 0 Å². The zero-order valence-electron chi connectivity index (χ0n) is 12.6. The number of aryl methyl sites for hydroxylation is 1. The van der Waals surface area contributed by atoms with Crippen molar-refractivity contribution in [3.63, 3.8) is 0 Å². The molecule has 2 unspecified atom stereocenters. The first-order valence-electron chi connectivity index (χ1n) is 7.84. The van der Waals surface area contributed by atoms with E-state index in [1.54, 1.807) is 6.26 Å². The fraction of sp³-hybridized carbons (Fsp3) is 0.688. The zero-order chi connectivity index (χ0) is 14.4. The molecule has 1 aromatic rings. The van der Waals surface area contributed by atoms with Crippen LogP contribution in [0.4, 0.5) is 4.79 Å². The summed E-state index contributed by atoms with van der Waals surface area (Å²) in [5.74, 6) is 1.03. The molecule has 2 N–H and O–H groups in total. The first kappa shape index (κ1) is 14.9. The molecule has 0 aromatic carbocycles. The van der Waals surface area contributed by atoms with Crippen molar-refractivity contribution in [1.29, 1.82) is 0 Å². The molecule has 0 saturated heterocycles. The lowest BCUT2D eigenvalue weighted by molar-refractivity contribution is 0.231. The number of urea groups is 1. The average Bonchev–Trinajstić information content (AvgIpc) is 2.88. The smallest absolute Gasteiger partial charge is 0.315 e. The number of hydrogen-bond acceptors (Lipinski definition) is 2. The Morgan fingerprint density at radius 1 is 1.50 bits per heavy atom. The Hall–Kier alpha value is -1.45. The van der Waals surface area contributed by atoms with Gasteiger partial charge in [-0.15, -0.1) is 0 Å². The van der Waals surface area contributed by atoms with Crippen molar-refractivity contribution in [2.24, 2.45) is 0 Å². The van der Waals surface area contributed by atoms with Crippen LogP contribution in [0.2, 0.25) is 0 Å². The second kappa shape index (κ2) is 7.36. The van der Waals surface area contributed by atoms with E-state index in [1.165, 1.54) is 19.3 Å². The highest BCUT2D eigenvalue weighted by Gasteiger charge is 2.24. The van der Waals surface area contributed by atoms with Gasteiger partial charge in [-0.05, 0) is 32.3 Å². The van der Waals surface area contributed by atoms with Crippen molar-refractivity contribution in [3.8, 4) is 0 Å². The Bertz CT molecular complexity index is 428. The molecule has 1 heterocycles. The van der Waals surface area contributed by atoms with E-state index in [9.17, 15) is 4.79 Å². The van der Waals surface area contributed by atoms with Crippen LogP contribution in [0.5, 0.6) is 0 Å². The monoisotopic (exact) mass is 278 g/mol. The highest BCUT2D eigenvalue weighted by molar-refractivity contribution is 5.74. The molecule has 0 radical (unpaired) electrons. The van der Waals surface area contributed by atoms with Gasteiger partial charge >= 0.3 is 6.03 Å². The van der Waals surface area contributed by atoms with E-state index < -0.39 is 0 Å². The van der Waals surface area contributed by atoms with Crippen LogP contribution >= 0.6 is 0 Å². The number of furan rings is 1. The van der Waals surface area contributed by atoms with Crippen LogP contribution in [0.1, 0.15) is 69.7 Å². The van der Waals surface area contributed by atoms with Crippen molar-refractivity contribution >= 4 is 6.03 Å². The van der Waals surface area contributed by atoms with Gasteiger partial charge < -0.3 is 15.1 Å². The maximum Gasteiger partial charge on any atom is 0.315 e. The predicted molar refractivity (Wildman–Crippen MR) is 79.7 cm³/mol. The molecule has 4 heteroatoms. The molecule has 0 saturated carbocycles. The number of carbonyl (C=O) groups excluding carboxylic acids is 1. The predicted octanol–water partition coefficient (Wildman–Crippen LogP) is 3.93. The second-order valence-corrected chi connectivity index (χ2v) is 5.76. The maximum absolute atomic E-state index is 12.0. The Kier molecular flexibility index (Phi) is 5.50. The van der Waals surface area contributed by atoms with Gasteiger partial charge in [0.1, 0.15) is 5.76 Å². The van der Waals surface area contributed by atoms with Gasteiger partial charge in [0, 0.05) is 18.0 Å². The Morgan fingerprint density at radius 2 is 2.35 bits per heavy atom. The molecule has 1 aliphatic rings. The summed E-state index contributed by atoms with van der Waals surface area (Å²) >= 11 is 0. The number of amides is 2. The van der Waals surface area contributed by atoms with Crippen molar-refractivity contribution in [2.45, 2.75) is 70.9 Å². The third-order valence-corrected chi connectivity index (χ3v) is 3.98. The molecule has 0 bridgehead atoms. The van der Waals surface area contributed by atoms with Crippen molar-refractivity contribution in [1.82, 2.24) is 10.6 Å². The summed E-state index contributed by atoms with van der Waals surface area (Å²) in [6, 6.07) is 2.24. The van der Waals surface area contributed by atoms with E-state index in [4.69, 9.17) is 4.42 Å². The summed E-state index contributed by atoms with van der Waals surface area (Å²) in [5, 5.41) is 6.10. The molecule has 20 heavy (non-hydrogen) atoms.